The summed E-state index contributed by atoms with van der Waals surface area (Å²) >= 11 is 0. The Morgan fingerprint density at radius 3 is 1.79 bits per heavy atom. The summed E-state index contributed by atoms with van der Waals surface area (Å²) < 4.78 is 0. The van der Waals surface area contributed by atoms with Gasteiger partial charge in [0.15, 0.2) is 17.5 Å². The molecule has 8 aromatic rings. The summed E-state index contributed by atoms with van der Waals surface area (Å²) in [7, 11) is 0. The average molecular weight is 746 g/mol. The Morgan fingerprint density at radius 2 is 1.10 bits per heavy atom. The molecule has 5 heteroatoms. The van der Waals surface area contributed by atoms with Crippen LogP contribution in [0.4, 0.5) is 5.69 Å². The van der Waals surface area contributed by atoms with Crippen molar-refractivity contribution in [1.29, 1.82) is 0 Å². The van der Waals surface area contributed by atoms with Crippen molar-refractivity contribution in [2.45, 2.75) is 37.5 Å². The molecule has 4 fully saturated rings. The Kier molecular flexibility index (Phi) is 7.41. The van der Waals surface area contributed by atoms with Crippen LogP contribution in [0.1, 0.15) is 43.2 Å². The molecule has 0 atom stereocenters. The monoisotopic (exact) mass is 745 g/mol. The summed E-state index contributed by atoms with van der Waals surface area (Å²) in [5.74, 6) is 4.78. The van der Waals surface area contributed by atoms with Crippen molar-refractivity contribution in [2.24, 2.45) is 23.7 Å². The van der Waals surface area contributed by atoms with Crippen molar-refractivity contribution in [2.75, 3.05) is 0 Å². The number of pyridine rings is 1. The van der Waals surface area contributed by atoms with Crippen LogP contribution < -0.4 is 0 Å². The van der Waals surface area contributed by atoms with E-state index < -0.39 is 0 Å². The molecule has 5 aliphatic carbocycles. The standard InChI is InChI=1S/C53H39N5/c1-54-49-44(43-17-9-16-39-31-55-23-22-42(39)43)20-21-46-48(49)45-19-18-37(30-47(45)53(46)40-25-32-24-33(27-40)28-41(53)26-32)36-14-8-15-38(29-36)52-57-50(34-10-4-2-5-11-34)56-51(58-52)35-12-6-3-7-13-35/h2-23,29-33,40-41H,24-28H2. The van der Waals surface area contributed by atoms with Crippen LogP contribution in [-0.2, 0) is 5.41 Å². The van der Waals surface area contributed by atoms with Gasteiger partial charge in [-0.3, -0.25) is 4.98 Å². The zero-order valence-corrected chi connectivity index (χ0v) is 32.0. The Morgan fingerprint density at radius 1 is 0.500 bits per heavy atom. The average Bonchev–Trinajstić information content (AvgIpc) is 3.58. The molecule has 6 aromatic carbocycles. The first-order valence-corrected chi connectivity index (χ1v) is 20.7. The molecule has 5 nitrogen and oxygen atoms in total. The molecule has 0 radical (unpaired) electrons. The molecule has 0 N–H and O–H groups in total. The summed E-state index contributed by atoms with van der Waals surface area (Å²) in [6, 6.07) is 49.3. The van der Waals surface area contributed by atoms with Gasteiger partial charge in [0.2, 0.25) is 5.69 Å². The third kappa shape index (κ3) is 4.94. The Bertz CT molecular complexity index is 2890. The minimum Gasteiger partial charge on any atom is -0.264 e. The topological polar surface area (TPSA) is 55.9 Å². The molecular weight excluding hydrogens is 707 g/mol. The van der Waals surface area contributed by atoms with Crippen LogP contribution in [0.2, 0.25) is 0 Å². The highest BCUT2D eigenvalue weighted by Gasteiger charge is 2.61. The molecule has 0 amide bonds. The van der Waals surface area contributed by atoms with E-state index in [9.17, 15) is 0 Å². The fourth-order valence-corrected chi connectivity index (χ4v) is 11.9. The molecule has 58 heavy (non-hydrogen) atoms. The second-order valence-electron chi connectivity index (χ2n) is 17.0. The third-order valence-electron chi connectivity index (χ3n) is 14.0. The van der Waals surface area contributed by atoms with Crippen molar-refractivity contribution >= 4 is 16.5 Å². The lowest BCUT2D eigenvalue weighted by molar-refractivity contribution is -0.0399. The van der Waals surface area contributed by atoms with Gasteiger partial charge in [-0.1, -0.05) is 121 Å². The first-order valence-electron chi connectivity index (χ1n) is 20.7. The molecule has 4 bridgehead atoms. The maximum atomic E-state index is 8.77. The van der Waals surface area contributed by atoms with Crippen LogP contribution in [0, 0.1) is 30.2 Å². The lowest BCUT2D eigenvalue weighted by Gasteiger charge is -2.61. The van der Waals surface area contributed by atoms with Crippen molar-refractivity contribution in [3.63, 3.8) is 0 Å². The predicted octanol–water partition coefficient (Wildman–Crippen LogP) is 13.0. The van der Waals surface area contributed by atoms with Crippen LogP contribution in [0.15, 0.2) is 152 Å². The maximum Gasteiger partial charge on any atom is 0.202 e. The van der Waals surface area contributed by atoms with E-state index in [1.54, 1.807) is 0 Å². The normalized spacial score (nSPS) is 22.2. The van der Waals surface area contributed by atoms with Crippen LogP contribution in [0.3, 0.4) is 0 Å². The predicted molar refractivity (Wildman–Crippen MR) is 232 cm³/mol. The second kappa shape index (κ2) is 12.9. The van der Waals surface area contributed by atoms with E-state index in [1.165, 1.54) is 54.4 Å². The van der Waals surface area contributed by atoms with E-state index in [2.05, 4.69) is 113 Å². The van der Waals surface area contributed by atoms with Gasteiger partial charge in [-0.15, -0.1) is 0 Å². The van der Waals surface area contributed by atoms with E-state index in [4.69, 9.17) is 21.5 Å². The number of hydrogen-bond acceptors (Lipinski definition) is 4. The fraction of sp³-hybridized carbons (Fsp3) is 0.189. The van der Waals surface area contributed by atoms with Gasteiger partial charge in [-0.05, 0) is 124 Å². The van der Waals surface area contributed by atoms with E-state index >= 15 is 0 Å². The van der Waals surface area contributed by atoms with Gasteiger partial charge in [0, 0.05) is 39.9 Å². The van der Waals surface area contributed by atoms with E-state index in [0.29, 0.717) is 29.3 Å². The molecule has 276 valence electrons. The molecule has 2 aromatic heterocycles. The molecule has 13 rings (SSSR count). The highest BCUT2D eigenvalue weighted by molar-refractivity contribution is 6.05. The highest BCUT2D eigenvalue weighted by Crippen LogP contribution is 2.71. The van der Waals surface area contributed by atoms with Gasteiger partial charge in [0.1, 0.15) is 0 Å². The number of fused-ring (bicyclic) bond motifs is 4. The third-order valence-corrected chi connectivity index (χ3v) is 14.0. The van der Waals surface area contributed by atoms with Gasteiger partial charge in [0.05, 0.1) is 6.57 Å². The molecule has 0 aliphatic heterocycles. The molecule has 5 aliphatic rings. The SMILES string of the molecule is [C-]#[N+]c1c(-c2cccc3cnccc23)ccc2c1-c1ccc(-c3cccc(-c4nc(-c5ccccc5)nc(-c5ccccc5)n4)c3)cc1C21C2CC3CC(C2)CC1C3. The molecule has 0 unspecified atom stereocenters. The largest absolute Gasteiger partial charge is 0.264 e. The van der Waals surface area contributed by atoms with E-state index in [1.807, 2.05) is 48.8 Å². The maximum absolute atomic E-state index is 8.77. The van der Waals surface area contributed by atoms with Crippen LogP contribution >= 0.6 is 0 Å². The summed E-state index contributed by atoms with van der Waals surface area (Å²) in [6.07, 6.45) is 10.3. The van der Waals surface area contributed by atoms with Gasteiger partial charge in [-0.2, -0.15) is 0 Å². The van der Waals surface area contributed by atoms with Gasteiger partial charge in [0.25, 0.3) is 0 Å². The van der Waals surface area contributed by atoms with E-state index in [0.717, 1.165) is 67.2 Å². The van der Waals surface area contributed by atoms with Crippen LogP contribution in [0.5, 0.6) is 0 Å². The summed E-state index contributed by atoms with van der Waals surface area (Å²) in [5.41, 5.74) is 13.2. The fourth-order valence-electron chi connectivity index (χ4n) is 11.9. The number of nitrogens with zero attached hydrogens (tertiary/aromatic N) is 5. The number of rotatable bonds is 5. The zero-order valence-electron chi connectivity index (χ0n) is 32.0. The number of hydrogen-bond donors (Lipinski definition) is 0. The van der Waals surface area contributed by atoms with Crippen molar-refractivity contribution < 1.29 is 0 Å². The Balaban J connectivity index is 1.03. The molecule has 0 saturated heterocycles. The van der Waals surface area contributed by atoms with Crippen molar-refractivity contribution in [3.8, 4) is 67.5 Å². The highest BCUT2D eigenvalue weighted by atomic mass is 15.0. The smallest absolute Gasteiger partial charge is 0.202 e. The minimum absolute atomic E-state index is 0.0876. The number of aromatic nitrogens is 4. The molecular formula is C53H39N5. The molecule has 2 heterocycles. The van der Waals surface area contributed by atoms with Crippen molar-refractivity contribution in [3.05, 3.63) is 174 Å². The minimum atomic E-state index is -0.0876. The van der Waals surface area contributed by atoms with Gasteiger partial charge < -0.3 is 0 Å². The van der Waals surface area contributed by atoms with Crippen molar-refractivity contribution in [1.82, 2.24) is 19.9 Å². The first kappa shape index (κ1) is 33.4. The summed E-state index contributed by atoms with van der Waals surface area (Å²) in [5, 5.41) is 2.22. The Hall–Kier alpha value is -6.77. The molecule has 4 saturated carbocycles. The molecule has 1 spiro atoms. The van der Waals surface area contributed by atoms with Crippen LogP contribution in [-0.4, -0.2) is 19.9 Å². The van der Waals surface area contributed by atoms with E-state index in [-0.39, 0.29) is 5.41 Å². The Labute approximate surface area is 338 Å². The quantitative estimate of drug-likeness (QED) is 0.165. The zero-order chi connectivity index (χ0) is 38.4. The van der Waals surface area contributed by atoms with Gasteiger partial charge >= 0.3 is 0 Å². The van der Waals surface area contributed by atoms with Gasteiger partial charge in [-0.25, -0.2) is 19.8 Å². The first-order chi connectivity index (χ1) is 28.7. The second-order valence-corrected chi connectivity index (χ2v) is 17.0. The number of benzene rings is 6. The summed E-state index contributed by atoms with van der Waals surface area (Å²) in [4.78, 5) is 23.9. The lowest BCUT2D eigenvalue weighted by Crippen LogP contribution is -2.55. The lowest BCUT2D eigenvalue weighted by atomic mass is 9.43. The summed E-state index contributed by atoms with van der Waals surface area (Å²) in [6.45, 7) is 8.77. The van der Waals surface area contributed by atoms with Crippen LogP contribution in [0.25, 0.3) is 83.2 Å².